The first kappa shape index (κ1) is 19.8. The molecule has 0 spiro atoms. The summed E-state index contributed by atoms with van der Waals surface area (Å²) in [5.74, 6) is 1.32. The highest BCUT2D eigenvalue weighted by atomic mass is 16.5. The maximum absolute atomic E-state index is 12.5. The third-order valence-corrected chi connectivity index (χ3v) is 6.56. The Balaban J connectivity index is 1.27. The van der Waals surface area contributed by atoms with Gasteiger partial charge in [-0.1, -0.05) is 36.4 Å². The second-order valence-corrected chi connectivity index (χ2v) is 8.42. The van der Waals surface area contributed by atoms with Crippen LogP contribution in [0.25, 0.3) is 0 Å². The molecular weight excluding hydrogens is 364 g/mol. The van der Waals surface area contributed by atoms with E-state index in [0.717, 1.165) is 60.5 Å². The van der Waals surface area contributed by atoms with Gasteiger partial charge in [0.25, 0.3) is 0 Å². The van der Waals surface area contributed by atoms with Crippen molar-refractivity contribution in [3.05, 3.63) is 60.2 Å². The van der Waals surface area contributed by atoms with E-state index in [-0.39, 0.29) is 12.1 Å². The lowest BCUT2D eigenvalue weighted by atomic mass is 9.83. The number of nitrogen functional groups attached to an aromatic ring is 1. The van der Waals surface area contributed by atoms with Crippen molar-refractivity contribution in [2.24, 2.45) is 5.92 Å². The van der Waals surface area contributed by atoms with E-state index in [1.807, 2.05) is 54.6 Å². The number of esters is 1. The Labute approximate surface area is 173 Å². The molecular formula is C24H31N2O3+. The van der Waals surface area contributed by atoms with E-state index in [1.165, 1.54) is 0 Å². The van der Waals surface area contributed by atoms with E-state index in [0.29, 0.717) is 25.4 Å². The number of fused-ring (bicyclic) bond motifs is 3. The molecule has 2 bridgehead atoms. The molecule has 5 nitrogen and oxygen atoms in total. The molecule has 2 aromatic rings. The highest BCUT2D eigenvalue weighted by Crippen LogP contribution is 2.35. The number of benzene rings is 2. The van der Waals surface area contributed by atoms with Crippen LogP contribution in [0.5, 0.6) is 5.75 Å². The number of aryl methyl sites for hydroxylation is 1. The maximum Gasteiger partial charge on any atom is 0.306 e. The Bertz CT molecular complexity index is 816. The molecule has 29 heavy (non-hydrogen) atoms. The fourth-order valence-electron chi connectivity index (χ4n) is 4.77. The zero-order valence-electron chi connectivity index (χ0n) is 17.0. The quantitative estimate of drug-likeness (QED) is 0.423. The van der Waals surface area contributed by atoms with Gasteiger partial charge in [-0.05, 0) is 30.2 Å². The molecule has 154 valence electrons. The molecule has 2 N–H and O–H groups in total. The summed E-state index contributed by atoms with van der Waals surface area (Å²) in [5.41, 5.74) is 7.74. The Kier molecular flexibility index (Phi) is 6.05. The van der Waals surface area contributed by atoms with Gasteiger partial charge in [-0.3, -0.25) is 4.79 Å². The largest absolute Gasteiger partial charge is 0.488 e. The third-order valence-electron chi connectivity index (χ3n) is 6.56. The first-order chi connectivity index (χ1) is 14.1. The molecule has 0 amide bonds. The molecule has 0 saturated carbocycles. The lowest BCUT2D eigenvalue weighted by molar-refractivity contribution is -0.946. The Morgan fingerprint density at radius 1 is 1.03 bits per heavy atom. The van der Waals surface area contributed by atoms with E-state index in [1.54, 1.807) is 0 Å². The number of nitrogens with zero attached hydrogens (tertiary/aromatic N) is 1. The van der Waals surface area contributed by atoms with Crippen LogP contribution in [-0.4, -0.2) is 49.3 Å². The van der Waals surface area contributed by atoms with E-state index < -0.39 is 0 Å². The number of anilines is 1. The molecule has 3 aliphatic heterocycles. The Morgan fingerprint density at radius 3 is 2.52 bits per heavy atom. The molecule has 0 aromatic heterocycles. The molecule has 0 aliphatic carbocycles. The SMILES string of the molecule is Nc1ccccc1CCC(=O)O[C@H]1C[N+]2(CCOc3ccccc3)CCC1CC2. The average Bonchev–Trinajstić information content (AvgIpc) is 2.75. The van der Waals surface area contributed by atoms with Gasteiger partial charge in [-0.2, -0.15) is 0 Å². The predicted octanol–water partition coefficient (Wildman–Crippen LogP) is 3.43. The van der Waals surface area contributed by atoms with Crippen LogP contribution in [0.2, 0.25) is 0 Å². The number of quaternary nitrogens is 1. The van der Waals surface area contributed by atoms with Crippen LogP contribution in [0.15, 0.2) is 54.6 Å². The summed E-state index contributed by atoms with van der Waals surface area (Å²) >= 11 is 0. The summed E-state index contributed by atoms with van der Waals surface area (Å²) < 4.78 is 12.9. The van der Waals surface area contributed by atoms with Crippen LogP contribution in [0.3, 0.4) is 0 Å². The maximum atomic E-state index is 12.5. The van der Waals surface area contributed by atoms with Gasteiger partial charge >= 0.3 is 5.97 Å². The monoisotopic (exact) mass is 395 g/mol. The number of rotatable bonds is 8. The van der Waals surface area contributed by atoms with E-state index in [2.05, 4.69) is 0 Å². The van der Waals surface area contributed by atoms with Gasteiger partial charge in [-0.15, -0.1) is 0 Å². The van der Waals surface area contributed by atoms with Crippen LogP contribution < -0.4 is 10.5 Å². The van der Waals surface area contributed by atoms with Crippen molar-refractivity contribution in [3.8, 4) is 5.75 Å². The van der Waals surface area contributed by atoms with Gasteiger partial charge in [0.15, 0.2) is 6.10 Å². The Morgan fingerprint density at radius 2 is 1.76 bits per heavy atom. The highest BCUT2D eigenvalue weighted by Gasteiger charge is 2.47. The van der Waals surface area contributed by atoms with Gasteiger partial charge in [0.05, 0.1) is 13.1 Å². The molecule has 3 aliphatic rings. The third kappa shape index (κ3) is 4.91. The molecule has 5 rings (SSSR count). The van der Waals surface area contributed by atoms with E-state index in [4.69, 9.17) is 15.2 Å². The second-order valence-electron chi connectivity index (χ2n) is 8.42. The lowest BCUT2D eigenvalue weighted by Crippen LogP contribution is -2.65. The fraction of sp³-hybridized carbons (Fsp3) is 0.458. The van der Waals surface area contributed by atoms with Gasteiger partial charge in [0, 0.05) is 30.9 Å². The second kappa shape index (κ2) is 8.87. The summed E-state index contributed by atoms with van der Waals surface area (Å²) in [6.07, 6.45) is 3.32. The van der Waals surface area contributed by atoms with E-state index >= 15 is 0 Å². The normalized spacial score (nSPS) is 25.5. The average molecular weight is 396 g/mol. The standard InChI is InChI=1S/C24H31N2O3/c25-22-9-5-4-6-19(22)10-11-24(27)29-23-18-26(14-12-20(23)13-15-26)16-17-28-21-7-2-1-3-8-21/h1-9,20,23H,10-18,25H2/q+1/t20?,23-,26?/m0/s1. The number of ether oxygens (including phenoxy) is 2. The molecule has 2 aromatic carbocycles. The Hall–Kier alpha value is -2.53. The number of carbonyl (C=O) groups is 1. The van der Waals surface area contributed by atoms with Crippen molar-refractivity contribution in [1.82, 2.24) is 0 Å². The van der Waals surface area contributed by atoms with Crippen molar-refractivity contribution in [1.29, 1.82) is 0 Å². The van der Waals surface area contributed by atoms with Crippen molar-refractivity contribution in [3.63, 3.8) is 0 Å². The molecule has 1 atom stereocenters. The van der Waals surface area contributed by atoms with Crippen molar-refractivity contribution in [2.45, 2.75) is 31.8 Å². The number of carbonyl (C=O) groups excluding carboxylic acids is 1. The fourth-order valence-corrected chi connectivity index (χ4v) is 4.77. The predicted molar refractivity (Wildman–Crippen MR) is 113 cm³/mol. The van der Waals surface area contributed by atoms with Crippen LogP contribution in [0.1, 0.15) is 24.8 Å². The minimum absolute atomic E-state index is 0.0369. The number of piperidine rings is 3. The van der Waals surface area contributed by atoms with Crippen LogP contribution in [0, 0.1) is 5.92 Å². The zero-order valence-corrected chi connectivity index (χ0v) is 17.0. The molecule has 3 heterocycles. The van der Waals surface area contributed by atoms with Gasteiger partial charge in [0.1, 0.15) is 25.4 Å². The summed E-state index contributed by atoms with van der Waals surface area (Å²) in [4.78, 5) is 12.5. The highest BCUT2D eigenvalue weighted by molar-refractivity contribution is 5.70. The first-order valence-electron chi connectivity index (χ1n) is 10.7. The minimum atomic E-state index is -0.106. The molecule has 3 fully saturated rings. The van der Waals surface area contributed by atoms with Gasteiger partial charge in [0.2, 0.25) is 0 Å². The van der Waals surface area contributed by atoms with Gasteiger partial charge < -0.3 is 19.7 Å². The first-order valence-corrected chi connectivity index (χ1v) is 10.7. The van der Waals surface area contributed by atoms with Crippen molar-refractivity contribution in [2.75, 3.05) is 38.5 Å². The van der Waals surface area contributed by atoms with Crippen molar-refractivity contribution >= 4 is 11.7 Å². The van der Waals surface area contributed by atoms with Crippen LogP contribution in [0.4, 0.5) is 5.69 Å². The molecule has 0 radical (unpaired) electrons. The lowest BCUT2D eigenvalue weighted by Gasteiger charge is -2.51. The van der Waals surface area contributed by atoms with Crippen molar-refractivity contribution < 1.29 is 18.8 Å². The summed E-state index contributed by atoms with van der Waals surface area (Å²) in [7, 11) is 0. The topological polar surface area (TPSA) is 61.6 Å². The number of hydrogen-bond donors (Lipinski definition) is 1. The molecule has 0 unspecified atom stereocenters. The van der Waals surface area contributed by atoms with Crippen LogP contribution in [-0.2, 0) is 16.0 Å². The summed E-state index contributed by atoms with van der Waals surface area (Å²) in [6, 6.07) is 17.7. The molecule has 3 saturated heterocycles. The smallest absolute Gasteiger partial charge is 0.306 e. The van der Waals surface area contributed by atoms with Crippen LogP contribution >= 0.6 is 0 Å². The number of hydrogen-bond acceptors (Lipinski definition) is 4. The molecule has 5 heteroatoms. The zero-order chi connectivity index (χ0) is 20.1. The van der Waals surface area contributed by atoms with Gasteiger partial charge in [-0.25, -0.2) is 0 Å². The number of nitrogens with two attached hydrogens (primary N) is 1. The summed E-state index contributed by atoms with van der Waals surface area (Å²) in [5, 5.41) is 0. The van der Waals surface area contributed by atoms with E-state index in [9.17, 15) is 4.79 Å². The minimum Gasteiger partial charge on any atom is -0.488 e. The summed E-state index contributed by atoms with van der Waals surface area (Å²) in [6.45, 7) is 4.91. The number of para-hydroxylation sites is 2.